The minimum Gasteiger partial charge on any atom is -0.394 e. The highest BCUT2D eigenvalue weighted by atomic mass is 32.3. The SMILES string of the molecule is CCCCCCCCCCCCC/C=C\CCCCCCCCC(O)C(=O)NC(COC1OC(CO)C(O)C(OS(=O)(=O)O)C1O)C(O)/C=C/CC/C=C/CCCCCCCCCCCCCC. The number of ether oxygens (including phenoxy) is 2. The van der Waals surface area contributed by atoms with Crippen molar-refractivity contribution in [2.24, 2.45) is 0 Å². The standard InChI is InChI=1S/C54H101NO12S/c1-3-5-7-9-11-13-15-17-19-21-23-24-25-27-29-31-33-35-37-39-41-43-48(58)53(61)55-46(45-65-54-51(60)52(67-68(62,63)64)50(59)49(44-56)66-54)47(57)42-40-38-36-34-32-30-28-26-22-20-18-16-14-12-10-8-6-4-2/h25,27,32,34,40,42,46-52,54,56-60H,3-24,26,28-31,33,35-39,41,43-45H2,1-2H3,(H,55,61)(H,62,63,64)/b27-25-,34-32+,42-40+. The summed E-state index contributed by atoms with van der Waals surface area (Å²) >= 11 is 0. The molecule has 0 aromatic rings. The predicted molar refractivity (Wildman–Crippen MR) is 274 cm³/mol. The van der Waals surface area contributed by atoms with Crippen molar-refractivity contribution >= 4 is 16.3 Å². The van der Waals surface area contributed by atoms with Crippen LogP contribution in [0.3, 0.4) is 0 Å². The average Bonchev–Trinajstić information content (AvgIpc) is 3.31. The van der Waals surface area contributed by atoms with Crippen LogP contribution in [0.15, 0.2) is 36.5 Å². The summed E-state index contributed by atoms with van der Waals surface area (Å²) in [5, 5.41) is 55.4. The second-order valence-electron chi connectivity index (χ2n) is 19.3. The number of hydrogen-bond acceptors (Lipinski definition) is 11. The first-order valence-corrected chi connectivity index (χ1v) is 28.8. The van der Waals surface area contributed by atoms with Gasteiger partial charge in [-0.15, -0.1) is 0 Å². The quantitative estimate of drug-likeness (QED) is 0.0172. The van der Waals surface area contributed by atoms with Crippen molar-refractivity contribution in [3.63, 3.8) is 0 Å². The fourth-order valence-corrected chi connectivity index (χ4v) is 9.16. The van der Waals surface area contributed by atoms with Crippen LogP contribution < -0.4 is 5.32 Å². The summed E-state index contributed by atoms with van der Waals surface area (Å²) in [4.78, 5) is 13.2. The molecule has 1 amide bonds. The maximum Gasteiger partial charge on any atom is 0.397 e. The molecule has 1 heterocycles. The van der Waals surface area contributed by atoms with Gasteiger partial charge in [-0.2, -0.15) is 8.42 Å². The summed E-state index contributed by atoms with van der Waals surface area (Å²) in [5.74, 6) is -0.715. The van der Waals surface area contributed by atoms with Crippen molar-refractivity contribution in [3.8, 4) is 0 Å². The van der Waals surface area contributed by atoms with Crippen molar-refractivity contribution in [2.45, 2.75) is 288 Å². The molecule has 1 saturated heterocycles. The lowest BCUT2D eigenvalue weighted by molar-refractivity contribution is -0.298. The lowest BCUT2D eigenvalue weighted by Crippen LogP contribution is -2.61. The zero-order valence-electron chi connectivity index (χ0n) is 42.8. The molecule has 68 heavy (non-hydrogen) atoms. The Morgan fingerprint density at radius 1 is 0.588 bits per heavy atom. The molecule has 0 radical (unpaired) electrons. The second-order valence-corrected chi connectivity index (χ2v) is 20.3. The number of rotatable bonds is 47. The van der Waals surface area contributed by atoms with Gasteiger partial charge in [-0.1, -0.05) is 217 Å². The zero-order valence-corrected chi connectivity index (χ0v) is 43.6. The highest BCUT2D eigenvalue weighted by Gasteiger charge is 2.48. The normalized spacial score (nSPS) is 20.5. The van der Waals surface area contributed by atoms with Crippen molar-refractivity contribution in [1.29, 1.82) is 0 Å². The number of hydrogen-bond donors (Lipinski definition) is 7. The molecule has 1 fully saturated rings. The Bertz CT molecular complexity index is 1360. The molecule has 400 valence electrons. The Hall–Kier alpha value is -1.72. The van der Waals surface area contributed by atoms with E-state index in [1.54, 1.807) is 6.08 Å². The van der Waals surface area contributed by atoms with Crippen LogP contribution in [0.4, 0.5) is 0 Å². The van der Waals surface area contributed by atoms with E-state index in [9.17, 15) is 43.3 Å². The molecule has 0 aromatic carbocycles. The third-order valence-corrected chi connectivity index (χ3v) is 13.5. The fraction of sp³-hybridized carbons (Fsp3) is 0.870. The molecule has 14 heteroatoms. The van der Waals surface area contributed by atoms with E-state index in [-0.39, 0.29) is 6.42 Å². The second kappa shape index (κ2) is 44.0. The van der Waals surface area contributed by atoms with Crippen molar-refractivity contribution < 1.29 is 57.0 Å². The highest BCUT2D eigenvalue weighted by Crippen LogP contribution is 2.26. The lowest BCUT2D eigenvalue weighted by Gasteiger charge is -2.41. The number of carbonyl (C=O) groups is 1. The van der Waals surface area contributed by atoms with Crippen LogP contribution in [-0.4, -0.2) is 107 Å². The first-order chi connectivity index (χ1) is 32.9. The van der Waals surface area contributed by atoms with Gasteiger partial charge < -0.3 is 40.3 Å². The summed E-state index contributed by atoms with van der Waals surface area (Å²) < 4.78 is 47.7. The molecule has 0 aliphatic carbocycles. The predicted octanol–water partition coefficient (Wildman–Crippen LogP) is 11.2. The van der Waals surface area contributed by atoms with Crippen LogP contribution in [0.5, 0.6) is 0 Å². The van der Waals surface area contributed by atoms with Crippen LogP contribution in [0, 0.1) is 0 Å². The van der Waals surface area contributed by atoms with Gasteiger partial charge >= 0.3 is 10.4 Å². The van der Waals surface area contributed by atoms with Gasteiger partial charge in [-0.05, 0) is 57.8 Å². The molecule has 7 N–H and O–H groups in total. The van der Waals surface area contributed by atoms with Gasteiger partial charge in [0, 0.05) is 0 Å². The number of nitrogens with one attached hydrogen (secondary N) is 1. The van der Waals surface area contributed by atoms with E-state index < -0.39 is 78.5 Å². The monoisotopic (exact) mass is 988 g/mol. The first kappa shape index (κ1) is 64.3. The Kier molecular flexibility index (Phi) is 41.6. The van der Waals surface area contributed by atoms with Gasteiger partial charge in [0.25, 0.3) is 0 Å². The number of aliphatic hydroxyl groups excluding tert-OH is 5. The molecular formula is C54H101NO12S. The Morgan fingerprint density at radius 3 is 1.41 bits per heavy atom. The van der Waals surface area contributed by atoms with Gasteiger partial charge in [0.15, 0.2) is 6.29 Å². The van der Waals surface area contributed by atoms with Gasteiger partial charge in [0.2, 0.25) is 5.91 Å². The van der Waals surface area contributed by atoms with Crippen molar-refractivity contribution in [1.82, 2.24) is 5.32 Å². The molecule has 1 aliphatic rings. The summed E-state index contributed by atoms with van der Waals surface area (Å²) in [7, 11) is -5.13. The number of allylic oxidation sites excluding steroid dienone is 5. The molecule has 8 unspecified atom stereocenters. The molecule has 1 rings (SSSR count). The van der Waals surface area contributed by atoms with E-state index in [0.717, 1.165) is 64.2 Å². The number of carbonyl (C=O) groups excluding carboxylic acids is 1. The third-order valence-electron chi connectivity index (χ3n) is 13.0. The van der Waals surface area contributed by atoms with Gasteiger partial charge in [-0.25, -0.2) is 4.18 Å². The highest BCUT2D eigenvalue weighted by molar-refractivity contribution is 7.80. The Morgan fingerprint density at radius 2 is 0.985 bits per heavy atom. The van der Waals surface area contributed by atoms with Crippen LogP contribution in [0.2, 0.25) is 0 Å². The first-order valence-electron chi connectivity index (χ1n) is 27.5. The van der Waals surface area contributed by atoms with Gasteiger partial charge in [0.1, 0.15) is 30.5 Å². The maximum absolute atomic E-state index is 13.2. The smallest absolute Gasteiger partial charge is 0.394 e. The molecular weight excluding hydrogens is 887 g/mol. The van der Waals surface area contributed by atoms with E-state index >= 15 is 0 Å². The number of unbranched alkanes of at least 4 members (excludes halogenated alkanes) is 30. The Balaban J connectivity index is 2.50. The summed E-state index contributed by atoms with van der Waals surface area (Å²) in [5.41, 5.74) is 0. The van der Waals surface area contributed by atoms with E-state index in [1.807, 2.05) is 0 Å². The summed E-state index contributed by atoms with van der Waals surface area (Å²) in [6, 6.07) is -1.14. The summed E-state index contributed by atoms with van der Waals surface area (Å²) in [6.07, 6.45) is 42.2. The maximum atomic E-state index is 13.2. The molecule has 1 aliphatic heterocycles. The van der Waals surface area contributed by atoms with Crippen molar-refractivity contribution in [2.75, 3.05) is 13.2 Å². The third kappa shape index (κ3) is 35.4. The molecule has 0 saturated carbocycles. The largest absolute Gasteiger partial charge is 0.397 e. The van der Waals surface area contributed by atoms with E-state index in [2.05, 4.69) is 47.7 Å². The molecule has 13 nitrogen and oxygen atoms in total. The lowest BCUT2D eigenvalue weighted by atomic mass is 9.99. The van der Waals surface area contributed by atoms with Crippen LogP contribution in [0.25, 0.3) is 0 Å². The zero-order chi connectivity index (χ0) is 49.9. The molecule has 0 aromatic heterocycles. The topological polar surface area (TPSA) is 212 Å². The summed E-state index contributed by atoms with van der Waals surface area (Å²) in [6.45, 7) is 3.23. The van der Waals surface area contributed by atoms with Gasteiger partial charge in [-0.3, -0.25) is 9.35 Å². The van der Waals surface area contributed by atoms with E-state index in [1.165, 1.54) is 147 Å². The van der Waals surface area contributed by atoms with Gasteiger partial charge in [0.05, 0.1) is 25.4 Å². The van der Waals surface area contributed by atoms with Crippen LogP contribution in [0.1, 0.15) is 239 Å². The van der Waals surface area contributed by atoms with Crippen molar-refractivity contribution in [3.05, 3.63) is 36.5 Å². The molecule has 0 spiro atoms. The van der Waals surface area contributed by atoms with E-state index in [0.29, 0.717) is 12.8 Å². The molecule has 8 atom stereocenters. The van der Waals surface area contributed by atoms with Crippen LogP contribution in [-0.2, 0) is 28.9 Å². The average molecular weight is 988 g/mol. The fourth-order valence-electron chi connectivity index (χ4n) is 8.65. The molecule has 0 bridgehead atoms. The van der Waals surface area contributed by atoms with Crippen LogP contribution >= 0.6 is 0 Å². The minimum absolute atomic E-state index is 0.230. The minimum atomic E-state index is -5.13. The number of amides is 1. The Labute approximate surface area is 414 Å². The number of aliphatic hydroxyl groups is 5. The van der Waals surface area contributed by atoms with E-state index in [4.69, 9.17) is 9.47 Å².